The van der Waals surface area contributed by atoms with E-state index in [9.17, 15) is 9.59 Å². The summed E-state index contributed by atoms with van der Waals surface area (Å²) in [5, 5.41) is 3.87. The van der Waals surface area contributed by atoms with Crippen molar-refractivity contribution in [2.24, 2.45) is 23.5 Å². The summed E-state index contributed by atoms with van der Waals surface area (Å²) in [6, 6.07) is 0.603. The van der Waals surface area contributed by atoms with E-state index in [1.54, 1.807) is 0 Å². The van der Waals surface area contributed by atoms with Crippen molar-refractivity contribution in [1.29, 1.82) is 0 Å². The number of hydrogen-bond donors (Lipinski definition) is 2. The zero-order chi connectivity index (χ0) is 25.8. The molecule has 0 aromatic carbocycles. The van der Waals surface area contributed by atoms with Crippen LogP contribution in [0.5, 0.6) is 0 Å². The van der Waals surface area contributed by atoms with E-state index in [2.05, 4.69) is 15.1 Å². The zero-order valence-corrected chi connectivity index (χ0v) is 22.9. The molecule has 8 nitrogen and oxygen atoms in total. The molecule has 0 aromatic rings. The number of ether oxygens (including phenoxy) is 1. The fraction of sp³-hybridized carbons (Fsp3) is 0.867. The second-order valence-corrected chi connectivity index (χ2v) is 13.4. The number of amides is 1. The van der Waals surface area contributed by atoms with Crippen LogP contribution in [0.4, 0.5) is 0 Å². The lowest BCUT2D eigenvalue weighted by atomic mass is 9.65. The molecule has 3 saturated carbocycles. The molecule has 0 aromatic heterocycles. The first-order valence-electron chi connectivity index (χ1n) is 15.8. The molecule has 3 N–H and O–H groups in total. The molecule has 0 spiro atoms. The summed E-state index contributed by atoms with van der Waals surface area (Å²) in [6.07, 6.45) is 15.0. The number of carbonyl (C=O) groups is 2. The van der Waals surface area contributed by atoms with Crippen molar-refractivity contribution in [2.75, 3.05) is 39.3 Å². The molecule has 3 saturated heterocycles. The smallest absolute Gasteiger partial charge is 0.259 e. The number of morpholine rings is 1. The van der Waals surface area contributed by atoms with Crippen LogP contribution in [-0.4, -0.2) is 102 Å². The highest BCUT2D eigenvalue weighted by Gasteiger charge is 2.57. The summed E-state index contributed by atoms with van der Waals surface area (Å²) in [5.74, 6) is 1.32. The van der Waals surface area contributed by atoms with Crippen LogP contribution in [0.15, 0.2) is 11.8 Å². The van der Waals surface area contributed by atoms with Gasteiger partial charge in [-0.05, 0) is 69.9 Å². The third-order valence-corrected chi connectivity index (χ3v) is 11.2. The fourth-order valence-corrected chi connectivity index (χ4v) is 9.23. The first kappa shape index (κ1) is 25.5. The van der Waals surface area contributed by atoms with E-state index in [-0.39, 0.29) is 54.0 Å². The van der Waals surface area contributed by atoms with Crippen LogP contribution >= 0.6 is 0 Å². The Bertz CT molecular complexity index is 950. The number of carbonyl (C=O) groups excluding carboxylic acids is 2. The monoisotopic (exact) mass is 525 g/mol. The number of Topliss-reactive ketones (excluding diaryl/α,β-unsaturated/α-hetero) is 1. The Hall–Kier alpha value is -1.48. The first-order chi connectivity index (χ1) is 18.6. The Balaban J connectivity index is 1.16. The van der Waals surface area contributed by atoms with Crippen molar-refractivity contribution in [3.05, 3.63) is 11.8 Å². The van der Waals surface area contributed by atoms with Crippen LogP contribution in [0.2, 0.25) is 0 Å². The molecule has 1 amide bonds. The maximum absolute atomic E-state index is 13.9. The van der Waals surface area contributed by atoms with Gasteiger partial charge >= 0.3 is 0 Å². The lowest BCUT2D eigenvalue weighted by molar-refractivity contribution is -0.200. The van der Waals surface area contributed by atoms with Crippen molar-refractivity contribution < 1.29 is 14.3 Å². The average molecular weight is 526 g/mol. The summed E-state index contributed by atoms with van der Waals surface area (Å²) in [7, 11) is 0. The standard InChI is InChI=1S/C30H47N5O3/c31-21-9-13-34(17-21)30(37)23-18-35-25-15-19-5-1-2-6-20(19)16-26(25)38-29-24(8-7-22(27(29)35)28(23)36)32-10-14-33-11-3-4-12-33/h18-22,24-27,29,32H,1-17,31H2/t19?,20?,21-,22?,24?,25?,26?,27?,29?/m1/s1. The average Bonchev–Trinajstić information content (AvgIpc) is 3.61. The normalized spacial score (nSPS) is 42.9. The number of ketones is 1. The molecule has 38 heavy (non-hydrogen) atoms. The van der Waals surface area contributed by atoms with E-state index >= 15 is 0 Å². The largest absolute Gasteiger partial charge is 0.369 e. The van der Waals surface area contributed by atoms with Crippen molar-refractivity contribution in [2.45, 2.75) is 107 Å². The number of nitrogens with two attached hydrogens (primary N) is 1. The molecule has 6 fully saturated rings. The number of nitrogens with zero attached hydrogens (tertiary/aromatic N) is 3. The number of rotatable bonds is 5. The molecule has 7 rings (SSSR count). The van der Waals surface area contributed by atoms with Crippen LogP contribution < -0.4 is 11.1 Å². The van der Waals surface area contributed by atoms with E-state index in [0.29, 0.717) is 18.7 Å². The van der Waals surface area contributed by atoms with Gasteiger partial charge in [-0.3, -0.25) is 9.59 Å². The molecular weight excluding hydrogens is 478 g/mol. The van der Waals surface area contributed by atoms with Gasteiger partial charge in [0.25, 0.3) is 5.91 Å². The van der Waals surface area contributed by atoms with Crippen LogP contribution in [0.1, 0.15) is 70.6 Å². The summed E-state index contributed by atoms with van der Waals surface area (Å²) in [5.41, 5.74) is 6.53. The zero-order valence-electron chi connectivity index (χ0n) is 22.9. The highest BCUT2D eigenvalue weighted by molar-refractivity contribution is 6.20. The summed E-state index contributed by atoms with van der Waals surface area (Å²) < 4.78 is 7.06. The Labute approximate surface area is 227 Å². The van der Waals surface area contributed by atoms with Crippen molar-refractivity contribution in [1.82, 2.24) is 20.0 Å². The van der Waals surface area contributed by atoms with Gasteiger partial charge in [0, 0.05) is 50.4 Å². The minimum atomic E-state index is -0.151. The van der Waals surface area contributed by atoms with Crippen molar-refractivity contribution in [3.63, 3.8) is 0 Å². The van der Waals surface area contributed by atoms with E-state index < -0.39 is 0 Å². The third-order valence-electron chi connectivity index (χ3n) is 11.2. The molecule has 8 heteroatoms. The van der Waals surface area contributed by atoms with Crippen LogP contribution in [0, 0.1) is 17.8 Å². The van der Waals surface area contributed by atoms with Gasteiger partial charge < -0.3 is 30.5 Å². The predicted octanol–water partition coefficient (Wildman–Crippen LogP) is 1.88. The molecule has 7 aliphatic rings. The minimum Gasteiger partial charge on any atom is -0.369 e. The summed E-state index contributed by atoms with van der Waals surface area (Å²) >= 11 is 0. The predicted molar refractivity (Wildman–Crippen MR) is 145 cm³/mol. The highest BCUT2D eigenvalue weighted by Crippen LogP contribution is 2.49. The van der Waals surface area contributed by atoms with Gasteiger partial charge in [0.15, 0.2) is 5.78 Å². The van der Waals surface area contributed by atoms with E-state index in [1.807, 2.05) is 11.1 Å². The molecule has 8 unspecified atom stereocenters. The van der Waals surface area contributed by atoms with Crippen molar-refractivity contribution in [3.8, 4) is 0 Å². The Kier molecular flexibility index (Phi) is 7.04. The first-order valence-corrected chi connectivity index (χ1v) is 15.8. The second-order valence-electron chi connectivity index (χ2n) is 13.4. The number of fused-ring (bicyclic) bond motifs is 3. The highest BCUT2D eigenvalue weighted by atomic mass is 16.5. The van der Waals surface area contributed by atoms with Crippen molar-refractivity contribution >= 4 is 11.7 Å². The molecule has 0 bridgehead atoms. The molecule has 0 radical (unpaired) electrons. The van der Waals surface area contributed by atoms with E-state index in [4.69, 9.17) is 10.5 Å². The third kappa shape index (κ3) is 4.53. The number of nitrogens with one attached hydrogen (secondary N) is 1. The quantitative estimate of drug-likeness (QED) is 0.530. The molecule has 210 valence electrons. The van der Waals surface area contributed by atoms with Gasteiger partial charge in [0.1, 0.15) is 0 Å². The lowest BCUT2D eigenvalue weighted by Gasteiger charge is -2.60. The number of hydrogen-bond acceptors (Lipinski definition) is 7. The van der Waals surface area contributed by atoms with Gasteiger partial charge in [-0.25, -0.2) is 0 Å². The number of likely N-dealkylation sites (tertiary alicyclic amines) is 2. The maximum Gasteiger partial charge on any atom is 0.259 e. The maximum atomic E-state index is 13.9. The minimum absolute atomic E-state index is 0.00535. The van der Waals surface area contributed by atoms with Crippen LogP contribution in [0.25, 0.3) is 0 Å². The molecule has 9 atom stereocenters. The van der Waals surface area contributed by atoms with Gasteiger partial charge in [-0.15, -0.1) is 0 Å². The van der Waals surface area contributed by atoms with Gasteiger partial charge in [0.2, 0.25) is 0 Å². The fourth-order valence-electron chi connectivity index (χ4n) is 9.23. The Morgan fingerprint density at radius 1 is 1.00 bits per heavy atom. The van der Waals surface area contributed by atoms with Gasteiger partial charge in [-0.1, -0.05) is 25.7 Å². The van der Waals surface area contributed by atoms with E-state index in [0.717, 1.165) is 57.0 Å². The van der Waals surface area contributed by atoms with Crippen LogP contribution in [0.3, 0.4) is 0 Å². The Morgan fingerprint density at radius 3 is 2.55 bits per heavy atom. The Morgan fingerprint density at radius 2 is 1.79 bits per heavy atom. The molecule has 4 aliphatic heterocycles. The summed E-state index contributed by atoms with van der Waals surface area (Å²) in [6.45, 7) is 5.71. The van der Waals surface area contributed by atoms with Gasteiger partial charge in [0.05, 0.1) is 29.9 Å². The van der Waals surface area contributed by atoms with Gasteiger partial charge in [-0.2, -0.15) is 0 Å². The lowest BCUT2D eigenvalue weighted by Crippen LogP contribution is -2.71. The molecule has 4 heterocycles. The van der Waals surface area contributed by atoms with Crippen LogP contribution in [-0.2, 0) is 14.3 Å². The topological polar surface area (TPSA) is 91.1 Å². The summed E-state index contributed by atoms with van der Waals surface area (Å²) in [4.78, 5) is 34.4. The SMILES string of the molecule is N[C@@H]1CCN(C(=O)C2=CN3C4CC5CCCCC5CC4OC4C(NCCN5CCCC5)CCC(C2=O)C43)C1. The second kappa shape index (κ2) is 10.5. The van der Waals surface area contributed by atoms with E-state index in [1.165, 1.54) is 51.6 Å². The molecular formula is C30H47N5O3. The molecule has 3 aliphatic carbocycles.